The number of amides is 1. The van der Waals surface area contributed by atoms with Crippen molar-refractivity contribution in [2.24, 2.45) is 0 Å². The van der Waals surface area contributed by atoms with E-state index in [2.05, 4.69) is 4.90 Å². The van der Waals surface area contributed by atoms with E-state index in [4.69, 9.17) is 9.57 Å². The number of rotatable bonds is 8. The molecule has 0 radical (unpaired) electrons. The molecule has 0 aliphatic carbocycles. The summed E-state index contributed by atoms with van der Waals surface area (Å²) in [6, 6.07) is 18.1. The minimum atomic E-state index is -1.93. The minimum absolute atomic E-state index is 0.374. The lowest BCUT2D eigenvalue weighted by Gasteiger charge is -2.41. The SMILES string of the molecule is CN(C)C(=O)ON(c1ccccc1)[C@@](C)(C(=O)OC(C)(C)C)C(=O)[C@@H]1CCCN1Cc1ccccc1. The monoisotopic (exact) mass is 495 g/mol. The van der Waals surface area contributed by atoms with Crippen molar-refractivity contribution in [2.75, 3.05) is 25.7 Å². The molecule has 2 atom stereocenters. The van der Waals surface area contributed by atoms with Crippen LogP contribution in [0.2, 0.25) is 0 Å². The number of hydrogen-bond donors (Lipinski definition) is 0. The van der Waals surface area contributed by atoms with E-state index in [1.807, 2.05) is 30.3 Å². The molecular weight excluding hydrogens is 458 g/mol. The molecule has 3 rings (SSSR count). The summed E-state index contributed by atoms with van der Waals surface area (Å²) in [5.41, 5.74) is -1.31. The molecule has 0 unspecified atom stereocenters. The van der Waals surface area contributed by atoms with Gasteiger partial charge in [-0.15, -0.1) is 0 Å². The second-order valence-electron chi connectivity index (χ2n) is 10.4. The average Bonchev–Trinajstić information content (AvgIpc) is 3.29. The Balaban J connectivity index is 2.06. The van der Waals surface area contributed by atoms with Crippen molar-refractivity contribution in [3.63, 3.8) is 0 Å². The Bertz CT molecular complexity index is 1050. The lowest BCUT2D eigenvalue weighted by molar-refractivity contribution is -0.167. The second kappa shape index (κ2) is 11.1. The first kappa shape index (κ1) is 27.2. The van der Waals surface area contributed by atoms with Gasteiger partial charge in [0.2, 0.25) is 5.54 Å². The van der Waals surface area contributed by atoms with Gasteiger partial charge in [0.15, 0.2) is 5.78 Å². The number of esters is 1. The predicted octanol–water partition coefficient (Wildman–Crippen LogP) is 4.44. The first-order chi connectivity index (χ1) is 16.9. The van der Waals surface area contributed by atoms with Gasteiger partial charge in [-0.3, -0.25) is 9.69 Å². The van der Waals surface area contributed by atoms with Gasteiger partial charge in [0.25, 0.3) is 0 Å². The summed E-state index contributed by atoms with van der Waals surface area (Å²) in [5, 5.41) is 1.12. The summed E-state index contributed by atoms with van der Waals surface area (Å²) < 4.78 is 5.76. The number of likely N-dealkylation sites (tertiary alicyclic amines) is 1. The van der Waals surface area contributed by atoms with Crippen LogP contribution < -0.4 is 5.06 Å². The fourth-order valence-corrected chi connectivity index (χ4v) is 4.24. The van der Waals surface area contributed by atoms with Gasteiger partial charge in [0.1, 0.15) is 5.60 Å². The number of benzene rings is 2. The fourth-order valence-electron chi connectivity index (χ4n) is 4.24. The molecule has 0 spiro atoms. The third kappa shape index (κ3) is 6.23. The molecule has 1 amide bonds. The highest BCUT2D eigenvalue weighted by atomic mass is 16.7. The standard InChI is InChI=1S/C28H37N3O5/c1-27(2,3)35-25(33)28(4,31(36-26(34)29(5)6)22-16-11-8-12-17-22)24(32)23-18-13-19-30(23)20-21-14-9-7-10-15-21/h7-12,14-17,23H,13,18-20H2,1-6H3/t23-,28+/m0/s1. The molecule has 1 aliphatic rings. The highest BCUT2D eigenvalue weighted by Gasteiger charge is 2.55. The summed E-state index contributed by atoms with van der Waals surface area (Å²) in [6.07, 6.45) is 0.694. The topological polar surface area (TPSA) is 79.4 Å². The highest BCUT2D eigenvalue weighted by molar-refractivity contribution is 6.13. The lowest BCUT2D eigenvalue weighted by Crippen LogP contribution is -2.64. The van der Waals surface area contributed by atoms with Crippen LogP contribution in [0.3, 0.4) is 0 Å². The summed E-state index contributed by atoms with van der Waals surface area (Å²) in [4.78, 5) is 49.9. The van der Waals surface area contributed by atoms with Gasteiger partial charge in [-0.2, -0.15) is 5.06 Å². The highest BCUT2D eigenvalue weighted by Crippen LogP contribution is 2.33. The van der Waals surface area contributed by atoms with Gasteiger partial charge in [0, 0.05) is 20.6 Å². The first-order valence-electron chi connectivity index (χ1n) is 12.2. The molecule has 1 fully saturated rings. The summed E-state index contributed by atoms with van der Waals surface area (Å²) in [7, 11) is 3.08. The number of carbonyl (C=O) groups excluding carboxylic acids is 3. The van der Waals surface area contributed by atoms with Crippen molar-refractivity contribution in [1.29, 1.82) is 0 Å². The zero-order chi connectivity index (χ0) is 26.5. The Labute approximate surface area is 213 Å². The van der Waals surface area contributed by atoms with Crippen LogP contribution in [0.15, 0.2) is 60.7 Å². The Morgan fingerprint density at radius 1 is 0.944 bits per heavy atom. The molecule has 8 heteroatoms. The van der Waals surface area contributed by atoms with Crippen molar-refractivity contribution in [2.45, 2.75) is 64.3 Å². The summed E-state index contributed by atoms with van der Waals surface area (Å²) >= 11 is 0. The van der Waals surface area contributed by atoms with Crippen LogP contribution in [0.5, 0.6) is 0 Å². The quantitative estimate of drug-likeness (QED) is 0.304. The van der Waals surface area contributed by atoms with E-state index in [1.54, 1.807) is 51.1 Å². The molecule has 2 aromatic carbocycles. The molecule has 1 heterocycles. The number of hydroxylamine groups is 1. The number of ether oxygens (including phenoxy) is 1. The van der Waals surface area contributed by atoms with E-state index in [-0.39, 0.29) is 5.78 Å². The van der Waals surface area contributed by atoms with E-state index in [0.717, 1.165) is 23.6 Å². The van der Waals surface area contributed by atoms with Crippen LogP contribution in [0, 0.1) is 0 Å². The smallest absolute Gasteiger partial charge is 0.433 e. The molecule has 0 aromatic heterocycles. The molecule has 2 aromatic rings. The molecule has 1 saturated heterocycles. The van der Waals surface area contributed by atoms with E-state index in [1.165, 1.54) is 25.9 Å². The van der Waals surface area contributed by atoms with Gasteiger partial charge in [-0.25, -0.2) is 9.59 Å². The average molecular weight is 496 g/mol. The Morgan fingerprint density at radius 2 is 1.53 bits per heavy atom. The van der Waals surface area contributed by atoms with Crippen molar-refractivity contribution in [1.82, 2.24) is 9.80 Å². The van der Waals surface area contributed by atoms with Crippen molar-refractivity contribution < 1.29 is 24.0 Å². The molecular formula is C28H37N3O5. The van der Waals surface area contributed by atoms with Gasteiger partial charge in [0.05, 0.1) is 11.7 Å². The zero-order valence-electron chi connectivity index (χ0n) is 22.1. The number of nitrogens with zero attached hydrogens (tertiary/aromatic N) is 3. The van der Waals surface area contributed by atoms with Gasteiger partial charge < -0.3 is 14.5 Å². The molecule has 194 valence electrons. The summed E-state index contributed by atoms with van der Waals surface area (Å²) in [6.45, 7) is 8.00. The molecule has 1 aliphatic heterocycles. The number of ketones is 1. The lowest BCUT2D eigenvalue weighted by atomic mass is 9.88. The number of anilines is 1. The van der Waals surface area contributed by atoms with Crippen molar-refractivity contribution in [3.8, 4) is 0 Å². The molecule has 0 saturated carbocycles. The van der Waals surface area contributed by atoms with Gasteiger partial charge >= 0.3 is 12.1 Å². The van der Waals surface area contributed by atoms with E-state index < -0.39 is 29.2 Å². The van der Waals surface area contributed by atoms with E-state index in [9.17, 15) is 14.4 Å². The van der Waals surface area contributed by atoms with Crippen LogP contribution in [0.25, 0.3) is 0 Å². The maximum atomic E-state index is 14.4. The third-order valence-corrected chi connectivity index (χ3v) is 6.10. The predicted molar refractivity (Wildman–Crippen MR) is 138 cm³/mol. The molecule has 8 nitrogen and oxygen atoms in total. The maximum absolute atomic E-state index is 14.4. The van der Waals surface area contributed by atoms with Crippen LogP contribution >= 0.6 is 0 Å². The molecule has 36 heavy (non-hydrogen) atoms. The van der Waals surface area contributed by atoms with E-state index >= 15 is 0 Å². The fraction of sp³-hybridized carbons (Fsp3) is 0.464. The van der Waals surface area contributed by atoms with Crippen LogP contribution in [-0.4, -0.2) is 65.5 Å². The molecule has 0 N–H and O–H groups in total. The second-order valence-corrected chi connectivity index (χ2v) is 10.4. The zero-order valence-corrected chi connectivity index (χ0v) is 22.1. The maximum Gasteiger partial charge on any atom is 0.433 e. The Kier molecular flexibility index (Phi) is 8.40. The largest absolute Gasteiger partial charge is 0.458 e. The number of carbonyl (C=O) groups is 3. The Hall–Kier alpha value is -3.39. The molecule has 0 bridgehead atoms. The van der Waals surface area contributed by atoms with Crippen LogP contribution in [0.1, 0.15) is 46.1 Å². The normalized spacial score (nSPS) is 17.7. The van der Waals surface area contributed by atoms with Crippen molar-refractivity contribution >= 4 is 23.5 Å². The van der Waals surface area contributed by atoms with Crippen LogP contribution in [-0.2, 0) is 25.7 Å². The van der Waals surface area contributed by atoms with Gasteiger partial charge in [-0.05, 0) is 64.8 Å². The number of hydrogen-bond acceptors (Lipinski definition) is 7. The minimum Gasteiger partial charge on any atom is -0.458 e. The first-order valence-corrected chi connectivity index (χ1v) is 12.2. The summed E-state index contributed by atoms with van der Waals surface area (Å²) in [5.74, 6) is -1.15. The number of Topliss-reactive ketones (excluding diaryl/α,β-unsaturated/α-hetero) is 1. The third-order valence-electron chi connectivity index (χ3n) is 6.10. The van der Waals surface area contributed by atoms with Crippen molar-refractivity contribution in [3.05, 3.63) is 66.2 Å². The number of para-hydroxylation sites is 1. The van der Waals surface area contributed by atoms with Crippen LogP contribution in [0.4, 0.5) is 10.5 Å². The Morgan fingerprint density at radius 3 is 2.08 bits per heavy atom. The van der Waals surface area contributed by atoms with E-state index in [0.29, 0.717) is 18.7 Å². The van der Waals surface area contributed by atoms with Gasteiger partial charge in [-0.1, -0.05) is 48.5 Å².